The molecule has 246 valence electrons. The number of benzene rings is 10. The predicted molar refractivity (Wildman–Crippen MR) is 225 cm³/mol. The Bertz CT molecular complexity index is 3370. The Morgan fingerprint density at radius 2 is 0.736 bits per heavy atom. The highest BCUT2D eigenvalue weighted by atomic mass is 16.3. The molecule has 1 heterocycles. The molecule has 0 aliphatic carbocycles. The zero-order chi connectivity index (χ0) is 39.2. The van der Waals surface area contributed by atoms with E-state index in [0.717, 1.165) is 76.5 Å². The SMILES string of the molecule is [2H]c1c([2H])c([2H])c(-c2c3ccccc3c(-c3cccc4oc5c(-c6c7ccccc7c(-c7ccccc7)c7ccccc67)cccc5c34)c3ccccc23)c([2H])c1[2H]. The van der Waals surface area contributed by atoms with Gasteiger partial charge >= 0.3 is 0 Å². The smallest absolute Gasteiger partial charge is 0.143 e. The molecular formula is C52H32O. The Labute approximate surface area is 314 Å². The van der Waals surface area contributed by atoms with Gasteiger partial charge in [-0.15, -0.1) is 0 Å². The van der Waals surface area contributed by atoms with Gasteiger partial charge in [0.15, 0.2) is 0 Å². The standard InChI is InChI=1S/C52H32O/c1-3-17-33(18-4-1)47-35-21-7-11-25-39(35)49(40-26-12-8-22-36(40)47)43-29-16-32-46-51(43)45-31-15-30-44(52(45)53-46)50-41-27-13-9-23-37(41)48(34-19-5-2-6-20-34)38-24-10-14-28-42(38)50/h1-32H/i1D,3D,4D,17D,18D. The van der Waals surface area contributed by atoms with Crippen LogP contribution in [0.5, 0.6) is 0 Å². The van der Waals surface area contributed by atoms with Crippen molar-refractivity contribution in [2.75, 3.05) is 0 Å². The first-order valence-electron chi connectivity index (χ1n) is 20.4. The molecule has 0 unspecified atom stereocenters. The second-order valence-corrected chi connectivity index (χ2v) is 13.5. The topological polar surface area (TPSA) is 13.1 Å². The van der Waals surface area contributed by atoms with Gasteiger partial charge in [0.2, 0.25) is 0 Å². The minimum atomic E-state index is -0.407. The van der Waals surface area contributed by atoms with E-state index in [0.29, 0.717) is 5.56 Å². The van der Waals surface area contributed by atoms with Gasteiger partial charge in [-0.1, -0.05) is 188 Å². The van der Waals surface area contributed by atoms with E-state index in [-0.39, 0.29) is 29.7 Å². The van der Waals surface area contributed by atoms with Crippen LogP contribution in [-0.4, -0.2) is 0 Å². The van der Waals surface area contributed by atoms with E-state index in [4.69, 9.17) is 11.3 Å². The number of furan rings is 1. The summed E-state index contributed by atoms with van der Waals surface area (Å²) in [5.74, 6) is 0. The molecule has 1 heteroatoms. The molecule has 0 bridgehead atoms. The summed E-state index contributed by atoms with van der Waals surface area (Å²) < 4.78 is 50.3. The average molecular weight is 678 g/mol. The van der Waals surface area contributed by atoms with Gasteiger partial charge in [-0.2, -0.15) is 0 Å². The Kier molecular flexibility index (Phi) is 5.58. The lowest BCUT2D eigenvalue weighted by molar-refractivity contribution is 0.670. The average Bonchev–Trinajstić information content (AvgIpc) is 3.67. The fourth-order valence-corrected chi connectivity index (χ4v) is 8.65. The van der Waals surface area contributed by atoms with E-state index in [1.54, 1.807) is 0 Å². The van der Waals surface area contributed by atoms with Crippen molar-refractivity contribution in [1.29, 1.82) is 0 Å². The van der Waals surface area contributed by atoms with Gasteiger partial charge in [-0.05, 0) is 82.5 Å². The molecule has 1 aromatic heterocycles. The minimum Gasteiger partial charge on any atom is -0.455 e. The van der Waals surface area contributed by atoms with Gasteiger partial charge < -0.3 is 4.42 Å². The van der Waals surface area contributed by atoms with Crippen LogP contribution in [-0.2, 0) is 0 Å². The van der Waals surface area contributed by atoms with Crippen molar-refractivity contribution in [3.8, 4) is 44.5 Å². The second kappa shape index (κ2) is 11.8. The highest BCUT2D eigenvalue weighted by molar-refractivity contribution is 6.28. The third-order valence-electron chi connectivity index (χ3n) is 10.7. The lowest BCUT2D eigenvalue weighted by Crippen LogP contribution is -1.91. The highest BCUT2D eigenvalue weighted by Gasteiger charge is 2.23. The van der Waals surface area contributed by atoms with Crippen molar-refractivity contribution in [1.82, 2.24) is 0 Å². The van der Waals surface area contributed by atoms with Crippen LogP contribution in [0.4, 0.5) is 0 Å². The van der Waals surface area contributed by atoms with Crippen molar-refractivity contribution < 1.29 is 11.3 Å². The van der Waals surface area contributed by atoms with Gasteiger partial charge in [0.25, 0.3) is 0 Å². The summed E-state index contributed by atoms with van der Waals surface area (Å²) in [4.78, 5) is 0. The fraction of sp³-hybridized carbons (Fsp3) is 0. The molecule has 0 fully saturated rings. The summed E-state index contributed by atoms with van der Waals surface area (Å²) >= 11 is 0. The van der Waals surface area contributed by atoms with Crippen LogP contribution in [0.25, 0.3) is 110 Å². The molecule has 0 aliphatic rings. The van der Waals surface area contributed by atoms with Crippen LogP contribution in [0, 0.1) is 0 Å². The first-order valence-corrected chi connectivity index (χ1v) is 17.9. The third kappa shape index (κ3) is 4.44. The molecular weight excluding hydrogens is 641 g/mol. The van der Waals surface area contributed by atoms with E-state index in [1.807, 2.05) is 48.5 Å². The molecule has 0 saturated heterocycles. The van der Waals surface area contributed by atoms with Gasteiger partial charge in [-0.3, -0.25) is 0 Å². The van der Waals surface area contributed by atoms with Crippen LogP contribution in [0.3, 0.4) is 0 Å². The van der Waals surface area contributed by atoms with Crippen LogP contribution < -0.4 is 0 Å². The van der Waals surface area contributed by atoms with E-state index < -0.39 is 6.04 Å². The van der Waals surface area contributed by atoms with Crippen LogP contribution in [0.2, 0.25) is 0 Å². The van der Waals surface area contributed by atoms with Crippen LogP contribution in [0.15, 0.2) is 198 Å². The Morgan fingerprint density at radius 1 is 0.321 bits per heavy atom. The maximum Gasteiger partial charge on any atom is 0.143 e. The van der Waals surface area contributed by atoms with Crippen molar-refractivity contribution in [3.63, 3.8) is 0 Å². The summed E-state index contributed by atoms with van der Waals surface area (Å²) in [7, 11) is 0. The second-order valence-electron chi connectivity index (χ2n) is 13.5. The normalized spacial score (nSPS) is 13.1. The summed E-state index contributed by atoms with van der Waals surface area (Å²) in [6.45, 7) is 0. The van der Waals surface area contributed by atoms with Gasteiger partial charge in [0.05, 0.1) is 6.85 Å². The molecule has 53 heavy (non-hydrogen) atoms. The number of fused-ring (bicyclic) bond motifs is 7. The first kappa shape index (κ1) is 25.1. The molecule has 0 aliphatic heterocycles. The summed E-state index contributed by atoms with van der Waals surface area (Å²) in [6.07, 6.45) is 0. The largest absolute Gasteiger partial charge is 0.455 e. The Balaban J connectivity index is 1.24. The lowest BCUT2D eigenvalue weighted by Gasteiger charge is -2.18. The van der Waals surface area contributed by atoms with Gasteiger partial charge in [-0.25, -0.2) is 0 Å². The monoisotopic (exact) mass is 677 g/mol. The lowest BCUT2D eigenvalue weighted by atomic mass is 9.84. The molecule has 11 rings (SSSR count). The predicted octanol–water partition coefficient (Wildman–Crippen LogP) is 14.9. The number of rotatable bonds is 4. The first-order chi connectivity index (χ1) is 28.4. The molecule has 0 saturated carbocycles. The van der Waals surface area contributed by atoms with E-state index >= 15 is 0 Å². The highest BCUT2D eigenvalue weighted by Crippen LogP contribution is 2.50. The number of hydrogen-bond acceptors (Lipinski definition) is 1. The zero-order valence-electron chi connectivity index (χ0n) is 33.5. The van der Waals surface area contributed by atoms with Crippen molar-refractivity contribution in [2.24, 2.45) is 0 Å². The van der Waals surface area contributed by atoms with Crippen molar-refractivity contribution in [2.45, 2.75) is 0 Å². The van der Waals surface area contributed by atoms with Crippen molar-refractivity contribution >= 4 is 65.0 Å². The van der Waals surface area contributed by atoms with Gasteiger partial charge in [0, 0.05) is 21.9 Å². The van der Waals surface area contributed by atoms with E-state index in [9.17, 15) is 0 Å². The maximum atomic E-state index is 8.98. The summed E-state index contributed by atoms with van der Waals surface area (Å²) in [6, 6.07) is 55.0. The fourth-order valence-electron chi connectivity index (χ4n) is 8.65. The zero-order valence-corrected chi connectivity index (χ0v) is 28.5. The van der Waals surface area contributed by atoms with Gasteiger partial charge in [0.1, 0.15) is 11.2 Å². The maximum absolute atomic E-state index is 8.98. The number of hydrogen-bond donors (Lipinski definition) is 0. The number of para-hydroxylation sites is 1. The quantitative estimate of drug-likeness (QED) is 0.169. The molecule has 10 aromatic carbocycles. The van der Waals surface area contributed by atoms with Crippen molar-refractivity contribution in [3.05, 3.63) is 194 Å². The van der Waals surface area contributed by atoms with E-state index in [1.165, 1.54) is 21.9 Å². The molecule has 0 N–H and O–H groups in total. The molecule has 0 atom stereocenters. The van der Waals surface area contributed by atoms with Crippen LogP contribution in [0.1, 0.15) is 6.85 Å². The minimum absolute atomic E-state index is 0.194. The molecule has 11 aromatic rings. The Hall–Kier alpha value is -6.96. The molecule has 0 spiro atoms. The molecule has 0 radical (unpaired) electrons. The van der Waals surface area contributed by atoms with Crippen LogP contribution >= 0.6 is 0 Å². The summed E-state index contributed by atoms with van der Waals surface area (Å²) in [5.41, 5.74) is 8.87. The van der Waals surface area contributed by atoms with E-state index in [2.05, 4.69) is 115 Å². The summed E-state index contributed by atoms with van der Waals surface area (Å²) in [5, 5.41) is 10.0. The molecule has 0 amide bonds. The molecule has 1 nitrogen and oxygen atoms in total. The third-order valence-corrected chi connectivity index (χ3v) is 10.7. The Morgan fingerprint density at radius 3 is 1.28 bits per heavy atom.